The van der Waals surface area contributed by atoms with Crippen LogP contribution >= 0.6 is 7.80 Å². The predicted octanol–water partition coefficient (Wildman–Crippen LogP) is 5.57. The van der Waals surface area contributed by atoms with E-state index in [1.165, 1.54) is 0 Å². The second-order valence-corrected chi connectivity index (χ2v) is 7.80. The minimum absolute atomic E-state index is 0.294. The number of hydrogen-bond donors (Lipinski definition) is 0. The van der Waals surface area contributed by atoms with E-state index in [9.17, 15) is 9.36 Å². The smallest absolute Gasteiger partial charge is 0.234 e. The van der Waals surface area contributed by atoms with Gasteiger partial charge >= 0.3 is 13.3 Å². The number of aryl methyl sites for hydroxylation is 3. The average Bonchev–Trinajstić information content (AvgIpc) is 2.61. The Kier molecular flexibility index (Phi) is 4.92. The molecule has 3 rings (SSSR count). The summed E-state index contributed by atoms with van der Waals surface area (Å²) < 4.78 is 12.8. The molecule has 0 heterocycles. The van der Waals surface area contributed by atoms with E-state index in [0.29, 0.717) is 10.9 Å². The van der Waals surface area contributed by atoms with Crippen molar-refractivity contribution in [1.29, 1.82) is 0 Å². The fraction of sp³-hybridized carbons (Fsp3) is 0.136. The molecule has 0 saturated heterocycles. The van der Waals surface area contributed by atoms with Gasteiger partial charge in [0.15, 0.2) is 5.30 Å². The first-order valence-electron chi connectivity index (χ1n) is 8.22. The van der Waals surface area contributed by atoms with Crippen LogP contribution in [0.4, 0.5) is 0 Å². The quantitative estimate of drug-likeness (QED) is 0.578. The van der Waals surface area contributed by atoms with Crippen molar-refractivity contribution in [3.63, 3.8) is 0 Å². The van der Waals surface area contributed by atoms with Gasteiger partial charge in [-0.2, -0.15) is 0 Å². The minimum Gasteiger partial charge on any atom is -0.234 e. The summed E-state index contributed by atoms with van der Waals surface area (Å²) in [5, 5.41) is 0.569. The minimum atomic E-state index is -2.13. The van der Waals surface area contributed by atoms with Crippen molar-refractivity contribution in [2.75, 3.05) is 0 Å². The largest absolute Gasteiger partial charge is 0.458 e. The molecule has 3 aromatic carbocycles. The molecule has 0 saturated carbocycles. The van der Waals surface area contributed by atoms with E-state index < -0.39 is 7.80 Å². The van der Waals surface area contributed by atoms with Crippen LogP contribution in [0.2, 0.25) is 0 Å². The molecular formula is C22H20O2P+. The van der Waals surface area contributed by atoms with E-state index in [1.807, 2.05) is 75.4 Å². The first-order valence-corrected chi connectivity index (χ1v) is 9.48. The lowest BCUT2D eigenvalue weighted by molar-refractivity contribution is 0.107. The lowest BCUT2D eigenvalue weighted by Gasteiger charge is -2.05. The van der Waals surface area contributed by atoms with E-state index in [1.54, 1.807) is 12.1 Å². The van der Waals surface area contributed by atoms with Crippen LogP contribution in [0.1, 0.15) is 27.0 Å². The molecule has 0 aliphatic heterocycles. The normalized spacial score (nSPS) is 11.2. The van der Waals surface area contributed by atoms with Gasteiger partial charge in [0.25, 0.3) is 0 Å². The summed E-state index contributed by atoms with van der Waals surface area (Å²) in [5.74, 6) is 0. The van der Waals surface area contributed by atoms with E-state index in [4.69, 9.17) is 0 Å². The molecule has 0 amide bonds. The van der Waals surface area contributed by atoms with Crippen molar-refractivity contribution < 1.29 is 9.36 Å². The van der Waals surface area contributed by atoms with Crippen LogP contribution in [0.3, 0.4) is 0 Å². The molecule has 0 fully saturated rings. The van der Waals surface area contributed by atoms with Crippen molar-refractivity contribution in [1.82, 2.24) is 0 Å². The highest BCUT2D eigenvalue weighted by atomic mass is 31.1. The van der Waals surface area contributed by atoms with Gasteiger partial charge in [0.2, 0.25) is 0 Å². The van der Waals surface area contributed by atoms with Crippen LogP contribution < -0.4 is 5.30 Å². The van der Waals surface area contributed by atoms with Gasteiger partial charge in [0, 0.05) is 0 Å². The first kappa shape index (κ1) is 17.3. The Morgan fingerprint density at radius 3 is 1.84 bits per heavy atom. The molecule has 124 valence electrons. The SMILES string of the molecule is Cc1cc(C)c(C(=O)[P+](=O)c2ccc(-c3ccccc3)cc2)c(C)c1. The summed E-state index contributed by atoms with van der Waals surface area (Å²) in [6.45, 7) is 5.79. The molecule has 0 aliphatic rings. The summed E-state index contributed by atoms with van der Waals surface area (Å²) in [6.07, 6.45) is 0. The van der Waals surface area contributed by atoms with Gasteiger partial charge in [-0.15, -0.1) is 0 Å². The van der Waals surface area contributed by atoms with Crippen LogP contribution in [-0.4, -0.2) is 5.52 Å². The zero-order chi connectivity index (χ0) is 18.0. The molecule has 1 atom stereocenters. The first-order chi connectivity index (χ1) is 12.0. The fourth-order valence-electron chi connectivity index (χ4n) is 3.16. The number of carbonyl (C=O) groups is 1. The third kappa shape index (κ3) is 3.60. The van der Waals surface area contributed by atoms with Crippen LogP contribution in [-0.2, 0) is 4.57 Å². The molecular weight excluding hydrogens is 327 g/mol. The van der Waals surface area contributed by atoms with Crippen LogP contribution in [0.5, 0.6) is 0 Å². The highest BCUT2D eigenvalue weighted by Crippen LogP contribution is 2.31. The monoisotopic (exact) mass is 347 g/mol. The van der Waals surface area contributed by atoms with Gasteiger partial charge in [-0.3, -0.25) is 0 Å². The lowest BCUT2D eigenvalue weighted by Crippen LogP contribution is -2.07. The maximum Gasteiger partial charge on any atom is 0.458 e. The van der Waals surface area contributed by atoms with E-state index in [-0.39, 0.29) is 5.52 Å². The summed E-state index contributed by atoms with van der Waals surface area (Å²) in [7, 11) is -2.13. The predicted molar refractivity (Wildman–Crippen MR) is 104 cm³/mol. The number of rotatable bonds is 4. The summed E-state index contributed by atoms with van der Waals surface area (Å²) in [5.41, 5.74) is 5.30. The van der Waals surface area contributed by atoms with E-state index >= 15 is 0 Å². The Morgan fingerprint density at radius 2 is 1.28 bits per heavy atom. The molecule has 25 heavy (non-hydrogen) atoms. The van der Waals surface area contributed by atoms with Gasteiger partial charge in [-0.25, -0.2) is 4.79 Å². The van der Waals surface area contributed by atoms with Crippen LogP contribution in [0, 0.1) is 20.8 Å². The maximum absolute atomic E-state index is 12.8. The number of carbonyl (C=O) groups excluding carboxylic acids is 1. The molecule has 0 N–H and O–H groups in total. The zero-order valence-corrected chi connectivity index (χ0v) is 15.5. The number of hydrogen-bond acceptors (Lipinski definition) is 2. The molecule has 0 aromatic heterocycles. The Hall–Kier alpha value is -2.57. The van der Waals surface area contributed by atoms with Crippen molar-refractivity contribution in [2.24, 2.45) is 0 Å². The van der Waals surface area contributed by atoms with Gasteiger partial charge in [0.05, 0.1) is 5.56 Å². The van der Waals surface area contributed by atoms with Crippen molar-refractivity contribution >= 4 is 18.6 Å². The second-order valence-electron chi connectivity index (χ2n) is 6.29. The molecule has 0 spiro atoms. The summed E-state index contributed by atoms with van der Waals surface area (Å²) in [6, 6.07) is 21.3. The van der Waals surface area contributed by atoms with Crippen molar-refractivity contribution in [2.45, 2.75) is 20.8 Å². The Morgan fingerprint density at radius 1 is 0.760 bits per heavy atom. The van der Waals surface area contributed by atoms with Crippen LogP contribution in [0.25, 0.3) is 11.1 Å². The van der Waals surface area contributed by atoms with Gasteiger partial charge in [0.1, 0.15) is 0 Å². The molecule has 0 aliphatic carbocycles. The van der Waals surface area contributed by atoms with Gasteiger partial charge in [-0.1, -0.05) is 52.6 Å². The Bertz CT molecular complexity index is 919. The third-order valence-electron chi connectivity index (χ3n) is 4.28. The van der Waals surface area contributed by atoms with E-state index in [2.05, 4.69) is 0 Å². The highest BCUT2D eigenvalue weighted by molar-refractivity contribution is 7.71. The Balaban J connectivity index is 1.90. The van der Waals surface area contributed by atoms with E-state index in [0.717, 1.165) is 27.8 Å². The third-order valence-corrected chi connectivity index (χ3v) is 5.64. The van der Waals surface area contributed by atoms with Crippen molar-refractivity contribution in [3.8, 4) is 11.1 Å². The standard InChI is InChI=1S/C22H20O2P/c1-15-13-16(2)21(17(3)14-15)22(23)25(24)20-11-9-19(10-12-20)18-7-5-4-6-8-18/h4-14H,1-3H3/q+1. The zero-order valence-electron chi connectivity index (χ0n) is 14.6. The average molecular weight is 347 g/mol. The fourth-order valence-corrected chi connectivity index (χ4v) is 4.37. The number of benzene rings is 3. The Labute approximate surface area is 149 Å². The summed E-state index contributed by atoms with van der Waals surface area (Å²) >= 11 is 0. The topological polar surface area (TPSA) is 34.1 Å². The molecule has 3 aromatic rings. The maximum atomic E-state index is 12.8. The van der Waals surface area contributed by atoms with Crippen molar-refractivity contribution in [3.05, 3.63) is 89.0 Å². The molecule has 2 nitrogen and oxygen atoms in total. The van der Waals surface area contributed by atoms with Gasteiger partial charge in [-0.05, 0) is 67.3 Å². The highest BCUT2D eigenvalue weighted by Gasteiger charge is 2.34. The molecule has 3 heteroatoms. The molecule has 1 unspecified atom stereocenters. The van der Waals surface area contributed by atoms with Crippen LogP contribution in [0.15, 0.2) is 66.7 Å². The summed E-state index contributed by atoms with van der Waals surface area (Å²) in [4.78, 5) is 12.8. The lowest BCUT2D eigenvalue weighted by atomic mass is 10.0. The molecule has 0 bridgehead atoms. The molecule has 0 radical (unpaired) electrons. The second kappa shape index (κ2) is 7.13. The van der Waals surface area contributed by atoms with Gasteiger partial charge < -0.3 is 0 Å².